The fourth-order valence-corrected chi connectivity index (χ4v) is 4.27. The second kappa shape index (κ2) is 11.9. The Hall–Kier alpha value is -2.73. The van der Waals surface area contributed by atoms with Gasteiger partial charge in [-0.05, 0) is 47.7 Å². The zero-order valence-electron chi connectivity index (χ0n) is 18.9. The van der Waals surface area contributed by atoms with E-state index < -0.39 is 6.04 Å². The summed E-state index contributed by atoms with van der Waals surface area (Å²) in [5.41, 5.74) is 2.83. The number of likely N-dealkylation sites (N-methyl/N-ethyl adjacent to an activating group) is 1. The van der Waals surface area contributed by atoms with Gasteiger partial charge in [0.2, 0.25) is 5.91 Å². The van der Waals surface area contributed by atoms with E-state index in [4.69, 9.17) is 32.7 Å². The molecule has 0 unspecified atom stereocenters. The number of nitrogens with one attached hydrogen (secondary N) is 2. The van der Waals surface area contributed by atoms with Crippen molar-refractivity contribution in [3.63, 3.8) is 0 Å². The SMILES string of the molecule is CNC(=O)[C@H](N[C@@H](CCc1ccc(Cl)cc1)c1ccc(OC)c(OC)c1Cl)c1ccccc1. The topological polar surface area (TPSA) is 59.6 Å². The number of benzene rings is 3. The molecule has 0 bridgehead atoms. The number of hydrogen-bond acceptors (Lipinski definition) is 4. The van der Waals surface area contributed by atoms with E-state index >= 15 is 0 Å². The number of hydrogen-bond donors (Lipinski definition) is 2. The lowest BCUT2D eigenvalue weighted by molar-refractivity contribution is -0.123. The summed E-state index contributed by atoms with van der Waals surface area (Å²) < 4.78 is 10.9. The van der Waals surface area contributed by atoms with Crippen LogP contribution in [-0.2, 0) is 11.2 Å². The molecular weight excluding hydrogens is 459 g/mol. The van der Waals surface area contributed by atoms with Crippen molar-refractivity contribution >= 4 is 29.1 Å². The number of rotatable bonds is 10. The Balaban J connectivity index is 1.99. The molecule has 7 heteroatoms. The summed E-state index contributed by atoms with van der Waals surface area (Å²) in [6.07, 6.45) is 1.45. The van der Waals surface area contributed by atoms with Crippen molar-refractivity contribution in [1.82, 2.24) is 10.6 Å². The number of aryl methyl sites for hydroxylation is 1. The van der Waals surface area contributed by atoms with Gasteiger partial charge in [-0.2, -0.15) is 0 Å². The second-order valence-corrected chi connectivity index (χ2v) is 8.36. The van der Waals surface area contributed by atoms with Crippen molar-refractivity contribution < 1.29 is 14.3 Å². The third-order valence-electron chi connectivity index (χ3n) is 5.53. The number of methoxy groups -OCH3 is 2. The van der Waals surface area contributed by atoms with Gasteiger partial charge in [0.25, 0.3) is 0 Å². The number of carbonyl (C=O) groups is 1. The van der Waals surface area contributed by atoms with E-state index in [1.807, 2.05) is 66.7 Å². The van der Waals surface area contributed by atoms with Gasteiger partial charge in [0.1, 0.15) is 6.04 Å². The van der Waals surface area contributed by atoms with Gasteiger partial charge in [0.05, 0.1) is 19.2 Å². The molecule has 0 radical (unpaired) electrons. The Morgan fingerprint density at radius 1 is 0.939 bits per heavy atom. The van der Waals surface area contributed by atoms with Gasteiger partial charge in [-0.3, -0.25) is 10.1 Å². The molecule has 174 valence electrons. The first-order valence-corrected chi connectivity index (χ1v) is 11.4. The molecule has 0 aromatic heterocycles. The summed E-state index contributed by atoms with van der Waals surface area (Å²) in [6.45, 7) is 0. The maximum atomic E-state index is 12.8. The Morgan fingerprint density at radius 2 is 1.64 bits per heavy atom. The van der Waals surface area contributed by atoms with Crippen LogP contribution >= 0.6 is 23.2 Å². The van der Waals surface area contributed by atoms with Crippen molar-refractivity contribution in [2.45, 2.75) is 24.9 Å². The maximum absolute atomic E-state index is 12.8. The molecule has 1 amide bonds. The lowest BCUT2D eigenvalue weighted by Crippen LogP contribution is -2.38. The molecular formula is C26H28Cl2N2O3. The molecule has 0 heterocycles. The van der Waals surface area contributed by atoms with Crippen molar-refractivity contribution in [3.8, 4) is 11.5 Å². The Bertz CT molecular complexity index is 1060. The highest BCUT2D eigenvalue weighted by atomic mass is 35.5. The van der Waals surface area contributed by atoms with Gasteiger partial charge in [-0.1, -0.05) is 71.7 Å². The minimum atomic E-state index is -0.560. The molecule has 0 fully saturated rings. The molecule has 0 aliphatic rings. The van der Waals surface area contributed by atoms with Crippen LogP contribution in [0.15, 0.2) is 66.7 Å². The first kappa shape index (κ1) is 24.9. The van der Waals surface area contributed by atoms with Gasteiger partial charge in [-0.15, -0.1) is 0 Å². The van der Waals surface area contributed by atoms with Crippen LogP contribution in [0.5, 0.6) is 11.5 Å². The standard InChI is InChI=1S/C26H28Cl2N2O3/c1-29-26(31)24(18-7-5-4-6-8-18)30-21(15-11-17-9-12-19(27)13-10-17)20-14-16-22(32-2)25(33-3)23(20)28/h4-10,12-14,16,21,24,30H,11,15H2,1-3H3,(H,29,31)/t21-,24+/m0/s1. The van der Waals surface area contributed by atoms with Gasteiger partial charge in [0.15, 0.2) is 11.5 Å². The van der Waals surface area contributed by atoms with Crippen molar-refractivity contribution in [3.05, 3.63) is 93.5 Å². The van der Waals surface area contributed by atoms with Crippen molar-refractivity contribution in [1.29, 1.82) is 0 Å². The minimum Gasteiger partial charge on any atom is -0.493 e. The molecule has 3 aromatic rings. The molecule has 0 aliphatic carbocycles. The molecule has 0 aliphatic heterocycles. The molecule has 0 spiro atoms. The van der Waals surface area contributed by atoms with E-state index in [0.717, 1.165) is 23.1 Å². The third kappa shape index (κ3) is 6.20. The summed E-state index contributed by atoms with van der Waals surface area (Å²) >= 11 is 12.8. The van der Waals surface area contributed by atoms with E-state index in [2.05, 4.69) is 10.6 Å². The molecule has 3 rings (SSSR count). The number of carbonyl (C=O) groups excluding carboxylic acids is 1. The van der Waals surface area contributed by atoms with Crippen LogP contribution in [0, 0.1) is 0 Å². The van der Waals surface area contributed by atoms with Crippen LogP contribution < -0.4 is 20.1 Å². The molecule has 0 saturated heterocycles. The Labute approximate surface area is 205 Å². The predicted octanol–water partition coefficient (Wildman–Crippen LogP) is 5.76. The normalized spacial score (nSPS) is 12.6. The maximum Gasteiger partial charge on any atom is 0.241 e. The summed E-state index contributed by atoms with van der Waals surface area (Å²) in [7, 11) is 4.76. The Kier molecular flexibility index (Phi) is 9.01. The molecule has 2 N–H and O–H groups in total. The molecule has 3 aromatic carbocycles. The minimum absolute atomic E-state index is 0.130. The summed E-state index contributed by atoms with van der Waals surface area (Å²) in [5.74, 6) is 0.883. The van der Waals surface area contributed by atoms with Crippen LogP contribution in [-0.4, -0.2) is 27.2 Å². The van der Waals surface area contributed by atoms with Crippen molar-refractivity contribution in [2.24, 2.45) is 0 Å². The second-order valence-electron chi connectivity index (χ2n) is 7.55. The van der Waals surface area contributed by atoms with Crippen LogP contribution in [0.1, 0.15) is 35.2 Å². The number of halogens is 2. The Morgan fingerprint density at radius 3 is 2.24 bits per heavy atom. The summed E-state index contributed by atoms with van der Waals surface area (Å²) in [4.78, 5) is 12.8. The quantitative estimate of drug-likeness (QED) is 0.382. The number of ether oxygens (including phenoxy) is 2. The van der Waals surface area contributed by atoms with Gasteiger partial charge in [0, 0.05) is 18.1 Å². The van der Waals surface area contributed by atoms with Gasteiger partial charge >= 0.3 is 0 Å². The fourth-order valence-electron chi connectivity index (χ4n) is 3.78. The van der Waals surface area contributed by atoms with Crippen LogP contribution in [0.4, 0.5) is 0 Å². The van der Waals surface area contributed by atoms with Crippen LogP contribution in [0.25, 0.3) is 0 Å². The molecule has 33 heavy (non-hydrogen) atoms. The number of amides is 1. The van der Waals surface area contributed by atoms with E-state index in [9.17, 15) is 4.79 Å². The van der Waals surface area contributed by atoms with Crippen LogP contribution in [0.3, 0.4) is 0 Å². The largest absolute Gasteiger partial charge is 0.493 e. The zero-order valence-corrected chi connectivity index (χ0v) is 20.4. The van der Waals surface area contributed by atoms with E-state index in [1.165, 1.54) is 0 Å². The predicted molar refractivity (Wildman–Crippen MR) is 133 cm³/mol. The first-order chi connectivity index (χ1) is 16.0. The highest BCUT2D eigenvalue weighted by Crippen LogP contribution is 2.41. The highest BCUT2D eigenvalue weighted by Gasteiger charge is 2.27. The third-order valence-corrected chi connectivity index (χ3v) is 6.18. The summed E-state index contributed by atoms with van der Waals surface area (Å²) in [6, 6.07) is 20.3. The monoisotopic (exact) mass is 486 g/mol. The average molecular weight is 487 g/mol. The highest BCUT2D eigenvalue weighted by molar-refractivity contribution is 6.33. The lowest BCUT2D eigenvalue weighted by atomic mass is 9.96. The van der Waals surface area contributed by atoms with E-state index in [1.54, 1.807) is 21.3 Å². The molecule has 5 nitrogen and oxygen atoms in total. The molecule has 0 saturated carbocycles. The van der Waals surface area contributed by atoms with Crippen LogP contribution in [0.2, 0.25) is 10.0 Å². The van der Waals surface area contributed by atoms with Gasteiger partial charge < -0.3 is 14.8 Å². The first-order valence-electron chi connectivity index (χ1n) is 10.7. The summed E-state index contributed by atoms with van der Waals surface area (Å²) in [5, 5.41) is 7.44. The zero-order chi connectivity index (χ0) is 23.8. The van der Waals surface area contributed by atoms with E-state index in [-0.39, 0.29) is 11.9 Å². The van der Waals surface area contributed by atoms with E-state index in [0.29, 0.717) is 28.0 Å². The lowest BCUT2D eigenvalue weighted by Gasteiger charge is -2.27. The molecule has 2 atom stereocenters. The van der Waals surface area contributed by atoms with Crippen molar-refractivity contribution in [2.75, 3.05) is 21.3 Å². The smallest absolute Gasteiger partial charge is 0.241 e. The van der Waals surface area contributed by atoms with Gasteiger partial charge in [-0.25, -0.2) is 0 Å². The average Bonchev–Trinajstić information content (AvgIpc) is 2.85. The fraction of sp³-hybridized carbons (Fsp3) is 0.269.